The van der Waals surface area contributed by atoms with Crippen molar-refractivity contribution < 1.29 is 4.79 Å². The molecular weight excluding hydrogens is 410 g/mol. The molecule has 0 radical (unpaired) electrons. The van der Waals surface area contributed by atoms with Crippen molar-refractivity contribution in [1.29, 1.82) is 0 Å². The average Bonchev–Trinajstić information content (AvgIpc) is 2.76. The minimum absolute atomic E-state index is 0.174. The zero-order valence-electron chi connectivity index (χ0n) is 17.1. The van der Waals surface area contributed by atoms with Crippen LogP contribution in [0.5, 0.6) is 0 Å². The van der Waals surface area contributed by atoms with Gasteiger partial charge in [-0.3, -0.25) is 4.79 Å². The van der Waals surface area contributed by atoms with Gasteiger partial charge in [-0.25, -0.2) is 4.79 Å². The molecule has 0 unspecified atom stereocenters. The molecule has 156 valence electrons. The molecule has 1 heterocycles. The third-order valence-electron chi connectivity index (χ3n) is 5.04. The first-order chi connectivity index (χ1) is 15.0. The molecule has 0 spiro atoms. The Labute approximate surface area is 185 Å². The van der Waals surface area contributed by atoms with E-state index in [0.29, 0.717) is 22.8 Å². The van der Waals surface area contributed by atoms with Crippen LogP contribution in [0.25, 0.3) is 10.9 Å². The molecule has 0 atom stereocenters. The molecule has 0 saturated heterocycles. The van der Waals surface area contributed by atoms with E-state index < -0.39 is 0 Å². The lowest BCUT2D eigenvalue weighted by Crippen LogP contribution is -2.35. The molecule has 0 bridgehead atoms. The van der Waals surface area contributed by atoms with E-state index in [1.54, 1.807) is 29.2 Å². The van der Waals surface area contributed by atoms with E-state index in [2.05, 4.69) is 10.3 Å². The summed E-state index contributed by atoms with van der Waals surface area (Å²) in [5, 5.41) is 4.42. The van der Waals surface area contributed by atoms with Crippen molar-refractivity contribution in [1.82, 2.24) is 9.88 Å². The lowest BCUT2D eigenvalue weighted by molar-refractivity contribution is 0.206. The molecule has 0 saturated carbocycles. The van der Waals surface area contributed by atoms with Gasteiger partial charge in [-0.1, -0.05) is 53.6 Å². The van der Waals surface area contributed by atoms with Crippen LogP contribution in [0.3, 0.4) is 0 Å². The largest absolute Gasteiger partial charge is 0.322 e. The lowest BCUT2D eigenvalue weighted by Gasteiger charge is -2.23. The number of halogens is 1. The van der Waals surface area contributed by atoms with Gasteiger partial charge >= 0.3 is 6.03 Å². The van der Waals surface area contributed by atoms with Crippen LogP contribution in [0, 0.1) is 6.92 Å². The average molecular weight is 432 g/mol. The van der Waals surface area contributed by atoms with Crippen molar-refractivity contribution in [2.75, 3.05) is 5.32 Å². The molecule has 0 aliphatic heterocycles. The van der Waals surface area contributed by atoms with Gasteiger partial charge in [0.25, 0.3) is 5.56 Å². The van der Waals surface area contributed by atoms with E-state index in [-0.39, 0.29) is 18.1 Å². The molecule has 0 aliphatic carbocycles. The second kappa shape index (κ2) is 9.06. The Hall–Kier alpha value is -3.57. The summed E-state index contributed by atoms with van der Waals surface area (Å²) in [6.45, 7) is 2.55. The van der Waals surface area contributed by atoms with Crippen molar-refractivity contribution in [2.24, 2.45) is 0 Å². The molecule has 0 aliphatic rings. The molecule has 3 aromatic carbocycles. The number of carbonyl (C=O) groups is 1. The molecular formula is C25H22ClN3O2. The Balaban J connectivity index is 1.64. The number of aromatic amines is 1. The Morgan fingerprint density at radius 1 is 0.968 bits per heavy atom. The van der Waals surface area contributed by atoms with Crippen molar-refractivity contribution in [3.63, 3.8) is 0 Å². The predicted octanol–water partition coefficient (Wildman–Crippen LogP) is 5.72. The number of nitrogens with one attached hydrogen (secondary N) is 2. The highest BCUT2D eigenvalue weighted by Crippen LogP contribution is 2.18. The van der Waals surface area contributed by atoms with E-state index in [1.807, 2.05) is 61.5 Å². The summed E-state index contributed by atoms with van der Waals surface area (Å²) < 4.78 is 0. The van der Waals surface area contributed by atoms with E-state index in [1.165, 1.54) is 0 Å². The summed E-state index contributed by atoms with van der Waals surface area (Å²) in [6, 6.07) is 24.0. The number of pyridine rings is 1. The van der Waals surface area contributed by atoms with Gasteiger partial charge in [-0.2, -0.15) is 0 Å². The number of H-pyrrole nitrogens is 1. The molecule has 31 heavy (non-hydrogen) atoms. The molecule has 2 amide bonds. The molecule has 6 heteroatoms. The topological polar surface area (TPSA) is 65.2 Å². The minimum atomic E-state index is -0.296. The number of urea groups is 1. The van der Waals surface area contributed by atoms with Gasteiger partial charge in [0, 0.05) is 28.3 Å². The zero-order chi connectivity index (χ0) is 21.8. The first-order valence-corrected chi connectivity index (χ1v) is 10.3. The Morgan fingerprint density at radius 2 is 1.71 bits per heavy atom. The SMILES string of the molecule is Cc1ccc2[nH]c(=O)c(CN(Cc3ccccc3)C(=O)Nc3ccc(Cl)cc3)cc2c1. The third-order valence-corrected chi connectivity index (χ3v) is 5.29. The second-order valence-electron chi connectivity index (χ2n) is 7.49. The van der Waals surface area contributed by atoms with Crippen LogP contribution in [-0.4, -0.2) is 15.9 Å². The normalized spacial score (nSPS) is 10.8. The first kappa shape index (κ1) is 20.7. The maximum absolute atomic E-state index is 13.1. The standard InChI is InChI=1S/C25H22ClN3O2/c1-17-7-12-23-19(13-17)14-20(24(30)28-23)16-29(15-18-5-3-2-4-6-18)25(31)27-22-10-8-21(26)9-11-22/h2-14H,15-16H2,1H3,(H,27,31)(H,28,30). The zero-order valence-corrected chi connectivity index (χ0v) is 17.8. The summed E-state index contributed by atoms with van der Waals surface area (Å²) in [5.41, 5.74) is 3.82. The van der Waals surface area contributed by atoms with Gasteiger partial charge in [0.15, 0.2) is 0 Å². The molecule has 4 rings (SSSR count). The molecule has 5 nitrogen and oxygen atoms in total. The van der Waals surface area contributed by atoms with Gasteiger partial charge in [-0.15, -0.1) is 0 Å². The summed E-state index contributed by atoms with van der Waals surface area (Å²) in [4.78, 5) is 30.3. The maximum atomic E-state index is 13.1. The summed E-state index contributed by atoms with van der Waals surface area (Å²) in [7, 11) is 0. The van der Waals surface area contributed by atoms with Crippen LogP contribution < -0.4 is 10.9 Å². The van der Waals surface area contributed by atoms with Crippen molar-refractivity contribution in [3.05, 3.63) is 111 Å². The van der Waals surface area contributed by atoms with Crippen molar-refractivity contribution in [2.45, 2.75) is 20.0 Å². The number of amides is 2. The quantitative estimate of drug-likeness (QED) is 0.424. The summed E-state index contributed by atoms with van der Waals surface area (Å²) in [6.07, 6.45) is 0. The number of fused-ring (bicyclic) bond motifs is 1. The van der Waals surface area contributed by atoms with E-state index >= 15 is 0 Å². The van der Waals surface area contributed by atoms with Crippen LogP contribution in [-0.2, 0) is 13.1 Å². The van der Waals surface area contributed by atoms with Crippen LogP contribution in [0.2, 0.25) is 5.02 Å². The number of nitrogens with zero attached hydrogens (tertiary/aromatic N) is 1. The number of hydrogen-bond acceptors (Lipinski definition) is 2. The number of benzene rings is 3. The Morgan fingerprint density at radius 3 is 2.45 bits per heavy atom. The minimum Gasteiger partial charge on any atom is -0.322 e. The first-order valence-electron chi connectivity index (χ1n) is 9.96. The number of anilines is 1. The Bertz CT molecular complexity index is 1270. The fourth-order valence-corrected chi connectivity index (χ4v) is 3.56. The third kappa shape index (κ3) is 5.13. The highest BCUT2D eigenvalue weighted by Gasteiger charge is 2.17. The van der Waals surface area contributed by atoms with Crippen LogP contribution in [0.15, 0.2) is 83.7 Å². The van der Waals surface area contributed by atoms with Gasteiger partial charge in [0.2, 0.25) is 0 Å². The lowest BCUT2D eigenvalue weighted by atomic mass is 10.1. The molecule has 4 aromatic rings. The smallest absolute Gasteiger partial charge is 0.322 e. The monoisotopic (exact) mass is 431 g/mol. The van der Waals surface area contributed by atoms with Gasteiger partial charge in [-0.05, 0) is 60.3 Å². The summed E-state index contributed by atoms with van der Waals surface area (Å²) in [5.74, 6) is 0. The fourth-order valence-electron chi connectivity index (χ4n) is 3.43. The van der Waals surface area contributed by atoms with Crippen LogP contribution >= 0.6 is 11.6 Å². The highest BCUT2D eigenvalue weighted by atomic mass is 35.5. The highest BCUT2D eigenvalue weighted by molar-refractivity contribution is 6.30. The molecule has 1 aromatic heterocycles. The van der Waals surface area contributed by atoms with Gasteiger partial charge in [0.05, 0.1) is 6.54 Å². The van der Waals surface area contributed by atoms with Crippen LogP contribution in [0.1, 0.15) is 16.7 Å². The number of carbonyl (C=O) groups excluding carboxylic acids is 1. The number of aromatic nitrogens is 1. The number of rotatable bonds is 5. The molecule has 2 N–H and O–H groups in total. The van der Waals surface area contributed by atoms with Crippen LogP contribution in [0.4, 0.5) is 10.5 Å². The van der Waals surface area contributed by atoms with E-state index in [9.17, 15) is 9.59 Å². The maximum Gasteiger partial charge on any atom is 0.322 e. The fraction of sp³-hybridized carbons (Fsp3) is 0.120. The van der Waals surface area contributed by atoms with E-state index in [4.69, 9.17) is 11.6 Å². The van der Waals surface area contributed by atoms with Crippen molar-refractivity contribution >= 4 is 34.2 Å². The molecule has 0 fully saturated rings. The number of hydrogen-bond donors (Lipinski definition) is 2. The summed E-state index contributed by atoms with van der Waals surface area (Å²) >= 11 is 5.94. The predicted molar refractivity (Wildman–Crippen MR) is 125 cm³/mol. The van der Waals surface area contributed by atoms with Gasteiger partial charge < -0.3 is 15.2 Å². The number of aryl methyl sites for hydroxylation is 1. The second-order valence-corrected chi connectivity index (χ2v) is 7.93. The Kier molecular flexibility index (Phi) is 6.05. The van der Waals surface area contributed by atoms with Crippen molar-refractivity contribution in [3.8, 4) is 0 Å². The van der Waals surface area contributed by atoms with Gasteiger partial charge in [0.1, 0.15) is 0 Å². The van der Waals surface area contributed by atoms with E-state index in [0.717, 1.165) is 22.0 Å².